The smallest absolute Gasteiger partial charge is 0.216 e. The highest BCUT2D eigenvalue weighted by atomic mass is 16.5. The Bertz CT molecular complexity index is 1860. The molecule has 0 radical (unpaired) electrons. The summed E-state index contributed by atoms with van der Waals surface area (Å²) >= 11 is 0. The first-order valence-corrected chi connectivity index (χ1v) is 13.6. The number of rotatable bonds is 5. The second-order valence-corrected chi connectivity index (χ2v) is 10.7. The van der Waals surface area contributed by atoms with Crippen LogP contribution in [0.5, 0.6) is 0 Å². The number of hydrogen-bond donors (Lipinski definition) is 0. The predicted octanol–water partition coefficient (Wildman–Crippen LogP) is 8.02. The third-order valence-corrected chi connectivity index (χ3v) is 7.68. The maximum absolute atomic E-state index is 10.1. The molecule has 4 nitrogen and oxygen atoms in total. The maximum atomic E-state index is 10.1. The normalized spacial score (nSPS) is 16.7. The number of aromatic nitrogens is 1. The second kappa shape index (κ2) is 10.3. The lowest BCUT2D eigenvalue weighted by atomic mass is 9.89. The van der Waals surface area contributed by atoms with E-state index in [2.05, 4.69) is 18.2 Å². The van der Waals surface area contributed by atoms with Crippen molar-refractivity contribution >= 4 is 21.9 Å². The molecular weight excluding hydrogens is 480 g/mol. The number of furan rings is 1. The van der Waals surface area contributed by atoms with E-state index >= 15 is 0 Å². The fraction of sp³-hybridized carbons (Fsp3) is 0.314. The van der Waals surface area contributed by atoms with Gasteiger partial charge in [0.15, 0.2) is 6.20 Å². The molecule has 1 aliphatic rings. The summed E-state index contributed by atoms with van der Waals surface area (Å²) in [7, 11) is 1.96. The third-order valence-electron chi connectivity index (χ3n) is 7.68. The van der Waals surface area contributed by atoms with Crippen LogP contribution < -0.4 is 4.57 Å². The zero-order valence-electron chi connectivity index (χ0n) is 26.0. The Morgan fingerprint density at radius 2 is 1.69 bits per heavy atom. The predicted molar refractivity (Wildman–Crippen MR) is 157 cm³/mol. The minimum Gasteiger partial charge on any atom is -0.454 e. The first-order valence-electron chi connectivity index (χ1n) is 15.1. The number of ether oxygens (including phenoxy) is 1. The van der Waals surface area contributed by atoms with Crippen LogP contribution in [0.1, 0.15) is 58.9 Å². The monoisotopic (exact) mass is 518 g/mol. The number of pyridine rings is 1. The molecule has 0 saturated carbocycles. The quantitative estimate of drug-likeness (QED) is 0.221. The van der Waals surface area contributed by atoms with Gasteiger partial charge in [0.05, 0.1) is 17.2 Å². The van der Waals surface area contributed by atoms with Crippen molar-refractivity contribution in [2.24, 2.45) is 13.0 Å². The van der Waals surface area contributed by atoms with E-state index in [1.165, 1.54) is 0 Å². The Balaban J connectivity index is 1.56. The Hall–Kier alpha value is -3.94. The average molecular weight is 519 g/mol. The van der Waals surface area contributed by atoms with Gasteiger partial charge in [-0.25, -0.2) is 4.57 Å². The molecule has 1 saturated heterocycles. The molecule has 39 heavy (non-hydrogen) atoms. The average Bonchev–Trinajstić information content (AvgIpc) is 3.36. The van der Waals surface area contributed by atoms with E-state index in [4.69, 9.17) is 13.3 Å². The number of fused-ring (bicyclic) bond motifs is 3. The minimum absolute atomic E-state index is 0.184. The van der Waals surface area contributed by atoms with E-state index in [0.29, 0.717) is 48.3 Å². The van der Waals surface area contributed by atoms with Crippen molar-refractivity contribution in [3.8, 4) is 28.5 Å². The SMILES string of the molecule is [2H]C1(c2ccc(-c3c(C#N)ccc4c3oc3c(-c5cc(C([2H])([2H])C(C)C)cc[n+]5C)c(C)ccc34)cc2)CCOCC1. The molecule has 2 aromatic heterocycles. The van der Waals surface area contributed by atoms with Crippen LogP contribution in [0.15, 0.2) is 71.3 Å². The molecule has 1 aliphatic heterocycles. The molecule has 1 fully saturated rings. The topological polar surface area (TPSA) is 50.0 Å². The summed E-state index contributed by atoms with van der Waals surface area (Å²) in [5.74, 6) is -0.849. The number of hydrogen-bond acceptors (Lipinski definition) is 3. The van der Waals surface area contributed by atoms with Crippen LogP contribution >= 0.6 is 0 Å². The fourth-order valence-electron chi connectivity index (χ4n) is 5.72. The molecule has 0 spiro atoms. The highest BCUT2D eigenvalue weighted by molar-refractivity contribution is 6.14. The molecule has 0 bridgehead atoms. The molecule has 0 unspecified atom stereocenters. The van der Waals surface area contributed by atoms with Crippen LogP contribution in [-0.2, 0) is 18.2 Å². The highest BCUT2D eigenvalue weighted by Gasteiger charge is 2.24. The number of benzene rings is 3. The van der Waals surface area contributed by atoms with Crippen LogP contribution in [0.4, 0.5) is 0 Å². The fourth-order valence-corrected chi connectivity index (χ4v) is 5.72. The van der Waals surface area contributed by atoms with Crippen LogP contribution in [0, 0.1) is 24.2 Å². The lowest BCUT2D eigenvalue weighted by Crippen LogP contribution is -2.31. The Kier molecular flexibility index (Phi) is 5.80. The van der Waals surface area contributed by atoms with E-state index in [9.17, 15) is 5.26 Å². The summed E-state index contributed by atoms with van der Waals surface area (Å²) in [6.45, 7) is 7.01. The molecule has 3 heterocycles. The summed E-state index contributed by atoms with van der Waals surface area (Å²) in [4.78, 5) is 0. The van der Waals surface area contributed by atoms with E-state index in [1.807, 2.05) is 87.1 Å². The van der Waals surface area contributed by atoms with Gasteiger partial charge in [0, 0.05) is 45.8 Å². The summed E-state index contributed by atoms with van der Waals surface area (Å²) in [5, 5.41) is 12.0. The van der Waals surface area contributed by atoms with E-state index in [-0.39, 0.29) is 5.92 Å². The van der Waals surface area contributed by atoms with Gasteiger partial charge in [0.25, 0.3) is 0 Å². The first-order chi connectivity index (χ1) is 20.0. The zero-order valence-corrected chi connectivity index (χ0v) is 23.0. The molecular formula is C35H35N2O2+. The van der Waals surface area contributed by atoms with Crippen molar-refractivity contribution in [2.75, 3.05) is 13.2 Å². The van der Waals surface area contributed by atoms with Crippen LogP contribution in [0.2, 0.25) is 0 Å². The third kappa shape index (κ3) is 4.62. The molecule has 0 aliphatic carbocycles. The van der Waals surface area contributed by atoms with E-state index < -0.39 is 12.3 Å². The van der Waals surface area contributed by atoms with Gasteiger partial charge in [0.1, 0.15) is 18.2 Å². The van der Waals surface area contributed by atoms with Gasteiger partial charge >= 0.3 is 0 Å². The molecule has 0 N–H and O–H groups in total. The van der Waals surface area contributed by atoms with Crippen molar-refractivity contribution in [2.45, 2.75) is 45.9 Å². The summed E-state index contributed by atoms with van der Waals surface area (Å²) < 4.78 is 40.6. The van der Waals surface area contributed by atoms with Gasteiger partial charge in [-0.3, -0.25) is 0 Å². The van der Waals surface area contributed by atoms with Gasteiger partial charge in [-0.15, -0.1) is 0 Å². The Morgan fingerprint density at radius 1 is 1.00 bits per heavy atom. The second-order valence-electron chi connectivity index (χ2n) is 10.7. The number of nitrogens with zero attached hydrogens (tertiary/aromatic N) is 2. The van der Waals surface area contributed by atoms with Crippen LogP contribution in [-0.4, -0.2) is 13.2 Å². The van der Waals surface area contributed by atoms with Crippen molar-refractivity contribution in [3.63, 3.8) is 0 Å². The highest BCUT2D eigenvalue weighted by Crippen LogP contribution is 2.42. The van der Waals surface area contributed by atoms with E-state index in [0.717, 1.165) is 44.3 Å². The van der Waals surface area contributed by atoms with E-state index in [1.54, 1.807) is 0 Å². The van der Waals surface area contributed by atoms with Gasteiger partial charge in [-0.1, -0.05) is 50.2 Å². The molecule has 0 amide bonds. The molecule has 3 aromatic carbocycles. The summed E-state index contributed by atoms with van der Waals surface area (Å²) in [6, 6.07) is 22.1. The van der Waals surface area contributed by atoms with Crippen LogP contribution in [0.3, 0.4) is 0 Å². The largest absolute Gasteiger partial charge is 0.454 e. The number of nitriles is 1. The van der Waals surface area contributed by atoms with Gasteiger partial charge < -0.3 is 9.15 Å². The lowest BCUT2D eigenvalue weighted by molar-refractivity contribution is -0.660. The van der Waals surface area contributed by atoms with Crippen molar-refractivity contribution < 1.29 is 17.8 Å². The van der Waals surface area contributed by atoms with Crippen molar-refractivity contribution in [1.29, 1.82) is 5.26 Å². The number of aryl methyl sites for hydroxylation is 2. The molecule has 0 atom stereocenters. The van der Waals surface area contributed by atoms with Gasteiger partial charge in [0.2, 0.25) is 5.69 Å². The van der Waals surface area contributed by atoms with Gasteiger partial charge in [-0.2, -0.15) is 5.26 Å². The Morgan fingerprint density at radius 3 is 2.38 bits per heavy atom. The van der Waals surface area contributed by atoms with Crippen molar-refractivity contribution in [1.82, 2.24) is 0 Å². The molecule has 5 aromatic rings. The summed E-state index contributed by atoms with van der Waals surface area (Å²) in [6.07, 6.45) is 1.74. The standard InChI is InChI=1S/C35H35N2O2/c1-22(2)19-24-13-16-37(4)31(20-24)32-23(3)5-11-29-30-12-10-28(21-36)33(35(30)39-34(29)32)27-8-6-25(7-9-27)26-14-17-38-18-15-26/h5-13,16,20,22,26H,14-15,17-19H2,1-4H3/q+1/i19D2,26D. The minimum atomic E-state index is -1.48. The van der Waals surface area contributed by atoms with Crippen molar-refractivity contribution in [3.05, 3.63) is 89.1 Å². The molecule has 196 valence electrons. The first kappa shape index (κ1) is 21.9. The van der Waals surface area contributed by atoms with Gasteiger partial charge in [-0.05, 0) is 72.3 Å². The lowest BCUT2D eigenvalue weighted by Gasteiger charge is -2.22. The Labute approximate surface area is 234 Å². The summed E-state index contributed by atoms with van der Waals surface area (Å²) in [5.41, 5.74) is 7.85. The zero-order chi connectivity index (χ0) is 29.8. The molecule has 6 rings (SSSR count). The molecule has 4 heteroatoms. The maximum Gasteiger partial charge on any atom is 0.216 e. The van der Waals surface area contributed by atoms with Crippen LogP contribution in [0.25, 0.3) is 44.3 Å².